The number of hydrogen-bond donors (Lipinski definition) is 0. The van der Waals surface area contributed by atoms with Gasteiger partial charge in [0.05, 0.1) is 32.6 Å². The van der Waals surface area contributed by atoms with Crippen molar-refractivity contribution in [2.75, 3.05) is 27.2 Å². The Labute approximate surface area is 61.4 Å². The minimum atomic E-state index is 0.347. The highest BCUT2D eigenvalue weighted by molar-refractivity contribution is 5.95. The van der Waals surface area contributed by atoms with Crippen molar-refractivity contribution in [1.29, 1.82) is 0 Å². The van der Waals surface area contributed by atoms with Gasteiger partial charge in [-0.2, -0.15) is 0 Å². The van der Waals surface area contributed by atoms with Gasteiger partial charge in [-0.1, -0.05) is 0 Å². The monoisotopic (exact) mass is 139 g/mol. The average molecular weight is 139 g/mol. The molecule has 0 unspecified atom stereocenters. The molecule has 1 spiro atoms. The lowest BCUT2D eigenvalue weighted by Crippen LogP contribution is -2.70. The largest absolute Gasteiger partial charge is 0.327 e. The average Bonchev–Trinajstić information content (AvgIpc) is 1.55. The van der Waals surface area contributed by atoms with Crippen LogP contribution < -0.4 is 0 Å². The van der Waals surface area contributed by atoms with E-state index in [-0.39, 0.29) is 0 Å². The molecule has 2 rings (SSSR count). The van der Waals surface area contributed by atoms with Gasteiger partial charge in [0.25, 0.3) is 0 Å². The van der Waals surface area contributed by atoms with E-state index in [0.29, 0.717) is 11.2 Å². The van der Waals surface area contributed by atoms with Gasteiger partial charge in [0.2, 0.25) is 0 Å². The Kier molecular flexibility index (Phi) is 0.919. The molecule has 1 saturated carbocycles. The molecule has 0 aromatic carbocycles. The number of rotatable bonds is 0. The number of ketones is 1. The smallest absolute Gasteiger partial charge is 0.138 e. The van der Waals surface area contributed by atoms with E-state index in [0.717, 1.165) is 10.9 Å². The highest BCUT2D eigenvalue weighted by Gasteiger charge is 2.59. The van der Waals surface area contributed by atoms with Gasteiger partial charge >= 0.3 is 0 Å². The molecular weight excluding hydrogens is 126 g/mol. The third-order valence-electron chi connectivity index (χ3n) is 2.48. The Balaban J connectivity index is 1.96. The minimum absolute atomic E-state index is 0.347. The van der Waals surface area contributed by atoms with Crippen molar-refractivity contribution in [3.8, 4) is 0 Å². The Morgan fingerprint density at radius 3 is 2.30 bits per heavy atom. The summed E-state index contributed by atoms with van der Waals surface area (Å²) < 4.78 is 1.09. The molecule has 0 aromatic heterocycles. The SMILES string of the molecule is C[N+]1(C)CC2([CH]C(=O)C2)C1. The molecule has 0 N–H and O–H groups in total. The van der Waals surface area contributed by atoms with Crippen molar-refractivity contribution in [1.82, 2.24) is 0 Å². The van der Waals surface area contributed by atoms with Gasteiger partial charge in [-0.05, 0) is 0 Å². The topological polar surface area (TPSA) is 17.1 Å². The molecule has 1 saturated heterocycles. The molecule has 0 bridgehead atoms. The lowest BCUT2D eigenvalue weighted by Gasteiger charge is -2.56. The molecule has 0 aromatic rings. The molecular formula is C8H13NO+. The molecule has 0 atom stereocenters. The van der Waals surface area contributed by atoms with E-state index >= 15 is 0 Å². The lowest BCUT2D eigenvalue weighted by atomic mass is 9.62. The molecule has 2 fully saturated rings. The Morgan fingerprint density at radius 1 is 1.50 bits per heavy atom. The zero-order valence-electron chi connectivity index (χ0n) is 6.55. The van der Waals surface area contributed by atoms with E-state index in [1.54, 1.807) is 0 Å². The highest BCUT2D eigenvalue weighted by atomic mass is 16.1. The summed E-state index contributed by atoms with van der Waals surface area (Å²) in [7, 11) is 4.42. The van der Waals surface area contributed by atoms with E-state index in [9.17, 15) is 4.79 Å². The molecule has 10 heavy (non-hydrogen) atoms. The summed E-state index contributed by atoms with van der Waals surface area (Å²) in [6.07, 6.45) is 2.73. The Morgan fingerprint density at radius 2 is 2.00 bits per heavy atom. The molecule has 55 valence electrons. The van der Waals surface area contributed by atoms with E-state index in [1.807, 2.05) is 6.42 Å². The van der Waals surface area contributed by atoms with Crippen LogP contribution in [0.15, 0.2) is 0 Å². The fourth-order valence-corrected chi connectivity index (χ4v) is 2.52. The molecule has 2 nitrogen and oxygen atoms in total. The second kappa shape index (κ2) is 1.45. The summed E-state index contributed by atoms with van der Waals surface area (Å²) in [6, 6.07) is 0. The van der Waals surface area contributed by atoms with Crippen LogP contribution in [0.1, 0.15) is 6.42 Å². The number of nitrogens with zero attached hydrogens (tertiary/aromatic N) is 1. The van der Waals surface area contributed by atoms with Crippen molar-refractivity contribution in [2.45, 2.75) is 6.42 Å². The van der Waals surface area contributed by atoms with Crippen LogP contribution in [0, 0.1) is 11.8 Å². The number of quaternary nitrogens is 1. The summed E-state index contributed by atoms with van der Waals surface area (Å²) in [5.74, 6) is 0.347. The maximum Gasteiger partial charge on any atom is 0.138 e. The van der Waals surface area contributed by atoms with Gasteiger partial charge in [-0.25, -0.2) is 0 Å². The predicted octanol–water partition coefficient (Wildman–Crippen LogP) is 0.240. The summed E-state index contributed by atoms with van der Waals surface area (Å²) in [5, 5.41) is 0. The number of likely N-dealkylation sites (tertiary alicyclic amines) is 1. The number of carbonyl (C=O) groups is 1. The van der Waals surface area contributed by atoms with Crippen molar-refractivity contribution in [3.05, 3.63) is 6.42 Å². The first kappa shape index (κ1) is 6.35. The van der Waals surface area contributed by atoms with Crippen molar-refractivity contribution >= 4 is 5.78 Å². The van der Waals surface area contributed by atoms with E-state index in [4.69, 9.17) is 0 Å². The summed E-state index contributed by atoms with van der Waals surface area (Å²) >= 11 is 0. The van der Waals surface area contributed by atoms with Crippen LogP contribution in [0.25, 0.3) is 0 Å². The predicted molar refractivity (Wildman–Crippen MR) is 38.2 cm³/mol. The molecule has 0 amide bonds. The van der Waals surface area contributed by atoms with E-state index in [1.165, 1.54) is 13.1 Å². The molecule has 2 heteroatoms. The van der Waals surface area contributed by atoms with Gasteiger partial charge in [0, 0.05) is 12.8 Å². The molecule has 1 heterocycles. The quantitative estimate of drug-likeness (QED) is 0.439. The molecule has 1 radical (unpaired) electrons. The third kappa shape index (κ3) is 0.717. The fraction of sp³-hybridized carbons (Fsp3) is 0.750. The van der Waals surface area contributed by atoms with Gasteiger partial charge in [0.1, 0.15) is 5.78 Å². The van der Waals surface area contributed by atoms with Gasteiger partial charge in [-0.3, -0.25) is 4.79 Å². The van der Waals surface area contributed by atoms with Crippen LogP contribution in [0.4, 0.5) is 0 Å². The normalized spacial score (nSPS) is 33.2. The summed E-state index contributed by atoms with van der Waals surface area (Å²) in [5.41, 5.74) is 0.348. The summed E-state index contributed by atoms with van der Waals surface area (Å²) in [4.78, 5) is 10.7. The number of Topliss-reactive ketones (excluding diaryl/α,β-unsaturated/α-hetero) is 1. The van der Waals surface area contributed by atoms with E-state index in [2.05, 4.69) is 14.1 Å². The summed E-state index contributed by atoms with van der Waals surface area (Å²) in [6.45, 7) is 2.33. The van der Waals surface area contributed by atoms with Crippen LogP contribution in [-0.4, -0.2) is 37.5 Å². The van der Waals surface area contributed by atoms with Crippen LogP contribution in [0.5, 0.6) is 0 Å². The Hall–Kier alpha value is -0.370. The van der Waals surface area contributed by atoms with Crippen molar-refractivity contribution < 1.29 is 9.28 Å². The second-order valence-corrected chi connectivity index (χ2v) is 4.40. The number of carbonyl (C=O) groups excluding carboxylic acids is 1. The van der Waals surface area contributed by atoms with Crippen LogP contribution >= 0.6 is 0 Å². The first-order valence-electron chi connectivity index (χ1n) is 3.72. The van der Waals surface area contributed by atoms with Gasteiger partial charge in [-0.15, -0.1) is 0 Å². The second-order valence-electron chi connectivity index (χ2n) is 4.40. The maximum atomic E-state index is 10.7. The maximum absolute atomic E-state index is 10.7. The fourth-order valence-electron chi connectivity index (χ4n) is 2.52. The minimum Gasteiger partial charge on any atom is -0.327 e. The molecule has 1 aliphatic carbocycles. The zero-order valence-corrected chi connectivity index (χ0v) is 6.55. The van der Waals surface area contributed by atoms with Crippen LogP contribution in [0.3, 0.4) is 0 Å². The zero-order chi connectivity index (χ0) is 7.41. The van der Waals surface area contributed by atoms with Crippen LogP contribution in [-0.2, 0) is 4.79 Å². The third-order valence-corrected chi connectivity index (χ3v) is 2.48. The first-order chi connectivity index (χ1) is 4.52. The van der Waals surface area contributed by atoms with Crippen molar-refractivity contribution in [2.24, 2.45) is 5.41 Å². The standard InChI is InChI=1S/C8H13NO/c1-9(2)5-8(6-9)3-7(10)4-8/h3H,4-6H2,1-2H3/q+1. The number of hydrogen-bond acceptors (Lipinski definition) is 1. The van der Waals surface area contributed by atoms with Gasteiger partial charge < -0.3 is 4.48 Å². The lowest BCUT2D eigenvalue weighted by molar-refractivity contribution is -0.948. The van der Waals surface area contributed by atoms with Crippen LogP contribution in [0.2, 0.25) is 0 Å². The van der Waals surface area contributed by atoms with E-state index < -0.39 is 0 Å². The Bertz CT molecular complexity index is 177. The van der Waals surface area contributed by atoms with Gasteiger partial charge in [0.15, 0.2) is 0 Å². The van der Waals surface area contributed by atoms with Crippen molar-refractivity contribution in [3.63, 3.8) is 0 Å². The first-order valence-corrected chi connectivity index (χ1v) is 3.72. The molecule has 2 aliphatic rings. The highest BCUT2D eigenvalue weighted by Crippen LogP contribution is 2.47. The molecule has 1 aliphatic heterocycles.